The van der Waals surface area contributed by atoms with Gasteiger partial charge >= 0.3 is 13.5 Å². The number of hydrogen-bond acceptors (Lipinski definition) is 17. The maximum absolute atomic E-state index is 16.0. The highest BCUT2D eigenvalue weighted by atomic mass is 32.7. The molecule has 5 N–H and O–H groups in total. The molecule has 2 bridgehead atoms. The van der Waals surface area contributed by atoms with Crippen molar-refractivity contribution >= 4 is 65.6 Å². The number of alkyl halides is 1. The van der Waals surface area contributed by atoms with Crippen LogP contribution in [0.2, 0.25) is 0 Å². The number of thiol groups is 1. The zero-order valence-electron chi connectivity index (χ0n) is 33.4. The van der Waals surface area contributed by atoms with E-state index in [1.165, 1.54) is 50.2 Å². The summed E-state index contributed by atoms with van der Waals surface area (Å²) in [5.41, 5.74) is 5.18. The molecule has 0 aromatic carbocycles. The lowest BCUT2D eigenvalue weighted by Gasteiger charge is -2.27. The number of H-pyrrole nitrogens is 1. The quantitative estimate of drug-likeness (QED) is 0.125. The van der Waals surface area contributed by atoms with Crippen LogP contribution < -0.4 is 11.3 Å². The number of halogens is 2. The molecule has 20 nitrogen and oxygen atoms in total. The van der Waals surface area contributed by atoms with Gasteiger partial charge in [-0.3, -0.25) is 22.9 Å². The van der Waals surface area contributed by atoms with Crippen LogP contribution >= 0.6 is 25.8 Å². The number of nitrogens with two attached hydrogens (primary N) is 1. The van der Waals surface area contributed by atoms with E-state index >= 15 is 4.39 Å². The molecule has 59 heavy (non-hydrogen) atoms. The summed E-state index contributed by atoms with van der Waals surface area (Å²) in [6.07, 6.45) is -8.28. The van der Waals surface area contributed by atoms with E-state index < -0.39 is 92.6 Å². The van der Waals surface area contributed by atoms with E-state index in [2.05, 4.69) is 88.5 Å². The van der Waals surface area contributed by atoms with E-state index in [1.54, 1.807) is 0 Å². The van der Waals surface area contributed by atoms with E-state index in [-0.39, 0.29) is 22.6 Å². The van der Waals surface area contributed by atoms with Gasteiger partial charge in [0.15, 0.2) is 41.6 Å². The number of aliphatic hydroxyl groups excluding tert-OH is 1. The minimum Gasteiger partial charge on any atom is -0.387 e. The molecule has 2 unspecified atom stereocenters. The van der Waals surface area contributed by atoms with Crippen LogP contribution in [0.15, 0.2) is 30.0 Å². The van der Waals surface area contributed by atoms with E-state index in [1.807, 2.05) is 0 Å². The Morgan fingerprint density at radius 2 is 1.53 bits per heavy atom. The molecule has 3 saturated heterocycles. The molecule has 4 aromatic rings. The number of imidazole rings is 1. The standard InChI is InChI=1S/C21H22F2N8O10P2S2.2C6H15N/c22-7-1-30(17-10(7)19(33)28-5-26-17)21-15-13(32)8(38-21)2-36-42(34,44)40-14-9(3-37-43(35,45)41-15)39-20(11(14)23)31-6-29-12-16(24)25-4-27-18(12)31;2*1-4-7(5-2)6-3/h1,4-6,8-9,11,13-15,20-21,32H,2-3H2,(H,34,44)(H,35,45)(H2,24,25,27)(H,26,28,33);2*4-6H2,1-3H3/t8-,9-,11-,13-,14-,15-,20-,21-,42?,43?;;/m1../s1. The largest absolute Gasteiger partial charge is 0.387 e. The molecule has 0 saturated carbocycles. The number of aromatic nitrogens is 7. The van der Waals surface area contributed by atoms with Crippen LogP contribution in [-0.2, 0) is 43.9 Å². The summed E-state index contributed by atoms with van der Waals surface area (Å²) < 4.78 is 80.1. The molecular weight excluding hydrogens is 861 g/mol. The van der Waals surface area contributed by atoms with Crippen LogP contribution in [0.5, 0.6) is 0 Å². The van der Waals surface area contributed by atoms with Crippen LogP contribution in [0.3, 0.4) is 0 Å². The molecule has 0 radical (unpaired) electrons. The molecule has 3 aliphatic heterocycles. The molecule has 7 rings (SSSR count). The topological polar surface area (TPSA) is 240 Å². The van der Waals surface area contributed by atoms with Crippen molar-refractivity contribution in [1.82, 2.24) is 43.9 Å². The second-order valence-corrected chi connectivity index (χ2v) is 19.0. The fourth-order valence-corrected chi connectivity index (χ4v) is 9.61. The Morgan fingerprint density at radius 3 is 2.14 bits per heavy atom. The van der Waals surface area contributed by atoms with Crippen LogP contribution in [0.25, 0.3) is 22.2 Å². The lowest BCUT2D eigenvalue weighted by atomic mass is 10.1. The number of nitrogen functional groups attached to an aromatic ring is 1. The van der Waals surface area contributed by atoms with Gasteiger partial charge in [-0.2, -0.15) is 0 Å². The molecule has 3 aliphatic rings. The number of nitrogens with one attached hydrogen (secondary N) is 1. The number of aromatic amines is 1. The third-order valence-corrected chi connectivity index (χ3v) is 13.3. The average molecular weight is 913 g/mol. The van der Waals surface area contributed by atoms with Crippen molar-refractivity contribution in [3.05, 3.63) is 41.3 Å². The van der Waals surface area contributed by atoms with Gasteiger partial charge in [0.25, 0.3) is 5.56 Å². The third kappa shape index (κ3) is 10.9. The van der Waals surface area contributed by atoms with Crippen molar-refractivity contribution in [3.63, 3.8) is 0 Å². The highest BCUT2D eigenvalue weighted by Gasteiger charge is 2.53. The fourth-order valence-electron chi connectivity index (χ4n) is 6.72. The van der Waals surface area contributed by atoms with Crippen molar-refractivity contribution in [3.8, 4) is 0 Å². The molecule has 330 valence electrons. The second kappa shape index (κ2) is 20.6. The molecule has 0 spiro atoms. The SMILES string of the molecule is CCN(CC)CC.CCN(CC)CC.Nc1ncnc2c1ncn2[C@@H]1O[C@@H]2COP(O)(=S)O[C@@H]3[C@H](O)[C@@H](COP(=O)(S)O[C@H]2[C@H]1F)O[C@H]3n1cc(F)c2c(=O)[nH]cnc21. The summed E-state index contributed by atoms with van der Waals surface area (Å²) >= 11 is 9.16. The van der Waals surface area contributed by atoms with Crippen LogP contribution in [0.1, 0.15) is 54.0 Å². The molecule has 7 heterocycles. The smallest absolute Gasteiger partial charge is 0.386 e. The maximum atomic E-state index is 16.0. The van der Waals surface area contributed by atoms with Crippen LogP contribution in [0.4, 0.5) is 14.6 Å². The zero-order valence-corrected chi connectivity index (χ0v) is 36.9. The van der Waals surface area contributed by atoms with Gasteiger partial charge in [0, 0.05) is 6.20 Å². The summed E-state index contributed by atoms with van der Waals surface area (Å²) in [4.78, 5) is 46.3. The number of rotatable bonds is 8. The van der Waals surface area contributed by atoms with Gasteiger partial charge in [-0.15, -0.1) is 0 Å². The third-order valence-electron chi connectivity index (χ3n) is 10.1. The van der Waals surface area contributed by atoms with Gasteiger partial charge in [-0.1, -0.05) is 53.8 Å². The van der Waals surface area contributed by atoms with E-state index in [0.29, 0.717) is 0 Å². The minimum atomic E-state index is -4.43. The van der Waals surface area contributed by atoms with Gasteiger partial charge in [0.2, 0.25) is 0 Å². The first-order valence-corrected chi connectivity index (χ1v) is 24.4. The molecule has 4 aromatic heterocycles. The van der Waals surface area contributed by atoms with E-state index in [9.17, 15) is 23.7 Å². The highest BCUT2D eigenvalue weighted by Crippen LogP contribution is 2.58. The summed E-state index contributed by atoms with van der Waals surface area (Å²) in [6, 6.07) is 0. The van der Waals surface area contributed by atoms with Gasteiger partial charge in [0.1, 0.15) is 47.8 Å². The van der Waals surface area contributed by atoms with Crippen molar-refractivity contribution in [1.29, 1.82) is 0 Å². The monoisotopic (exact) mass is 912 g/mol. The van der Waals surface area contributed by atoms with E-state index in [4.69, 9.17) is 45.1 Å². The Kier molecular flexibility index (Phi) is 16.5. The summed E-state index contributed by atoms with van der Waals surface area (Å²) in [7, 11) is 0. The zero-order chi connectivity index (χ0) is 43.2. The number of aliphatic hydroxyl groups is 1. The first kappa shape index (κ1) is 47.5. The first-order valence-electron chi connectivity index (χ1n) is 19.1. The van der Waals surface area contributed by atoms with Crippen molar-refractivity contribution in [2.75, 3.05) is 58.2 Å². The fraction of sp³-hybridized carbons (Fsp3) is 0.667. The Bertz CT molecular complexity index is 2140. The normalized spacial score (nSPS) is 31.2. The summed E-state index contributed by atoms with van der Waals surface area (Å²) in [6.45, 7) is 10.2. The van der Waals surface area contributed by atoms with E-state index in [0.717, 1.165) is 23.4 Å². The Hall–Kier alpha value is -2.54. The Labute approximate surface area is 349 Å². The number of ether oxygens (including phenoxy) is 2. The predicted molar refractivity (Wildman–Crippen MR) is 220 cm³/mol. The van der Waals surface area contributed by atoms with Crippen molar-refractivity contribution in [2.24, 2.45) is 0 Å². The molecular formula is C33H52F2N10O10P2S2. The predicted octanol–water partition coefficient (Wildman–Crippen LogP) is 3.55. The van der Waals surface area contributed by atoms with Gasteiger partial charge in [0.05, 0.1) is 25.9 Å². The number of fused-ring (bicyclic) bond motifs is 5. The Balaban J connectivity index is 0.000000407. The first-order chi connectivity index (χ1) is 28.0. The van der Waals surface area contributed by atoms with Gasteiger partial charge < -0.3 is 49.1 Å². The number of nitrogens with zero attached hydrogens (tertiary/aromatic N) is 8. The molecule has 0 aliphatic carbocycles. The molecule has 10 atom stereocenters. The maximum Gasteiger partial charge on any atom is 0.386 e. The molecule has 0 amide bonds. The number of anilines is 1. The molecule has 3 fully saturated rings. The van der Waals surface area contributed by atoms with Gasteiger partial charge in [-0.25, -0.2) is 33.3 Å². The summed E-state index contributed by atoms with van der Waals surface area (Å²) in [5.74, 6) is -0.922. The average Bonchev–Trinajstić information content (AvgIpc) is 3.95. The minimum absolute atomic E-state index is 0.0382. The van der Waals surface area contributed by atoms with Gasteiger partial charge in [-0.05, 0) is 51.1 Å². The lowest BCUT2D eigenvalue weighted by Crippen LogP contribution is -2.35. The van der Waals surface area contributed by atoms with Crippen LogP contribution in [0, 0.1) is 5.82 Å². The second-order valence-electron chi connectivity index (χ2n) is 13.4. The Morgan fingerprint density at radius 1 is 0.915 bits per heavy atom. The van der Waals surface area contributed by atoms with Crippen LogP contribution in [-0.4, -0.2) is 143 Å². The lowest BCUT2D eigenvalue weighted by molar-refractivity contribution is -0.0586. The van der Waals surface area contributed by atoms with Crippen molar-refractivity contribution in [2.45, 2.75) is 90.7 Å². The highest BCUT2D eigenvalue weighted by molar-refractivity contribution is 8.44. The number of hydrogen-bond donors (Lipinski definition) is 5. The molecule has 26 heteroatoms. The van der Waals surface area contributed by atoms with Crippen molar-refractivity contribution < 1.29 is 50.9 Å². The summed E-state index contributed by atoms with van der Waals surface area (Å²) in [5, 5.41) is 10.7.